The summed E-state index contributed by atoms with van der Waals surface area (Å²) in [6, 6.07) is 7.96. The van der Waals surface area contributed by atoms with Gasteiger partial charge in [0.2, 0.25) is 0 Å². The zero-order chi connectivity index (χ0) is 18.5. The van der Waals surface area contributed by atoms with Gasteiger partial charge in [-0.15, -0.1) is 0 Å². The van der Waals surface area contributed by atoms with Crippen molar-refractivity contribution in [2.45, 2.75) is 38.6 Å². The molecule has 6 heteroatoms. The molecular weight excluding hydrogens is 334 g/mol. The SMILES string of the molecule is CC1(C)OC(=O)C([C@H]2C(=O)C=C[C@@H]2[NH+]2CCc3ccccc3C2)=C([O-])O1. The third-order valence-corrected chi connectivity index (χ3v) is 5.28. The van der Waals surface area contributed by atoms with E-state index >= 15 is 0 Å². The number of ketones is 1. The minimum absolute atomic E-state index is 0.185. The molecule has 2 heterocycles. The van der Waals surface area contributed by atoms with Gasteiger partial charge in [0.15, 0.2) is 11.6 Å². The summed E-state index contributed by atoms with van der Waals surface area (Å²) in [7, 11) is 0. The average Bonchev–Trinajstić information content (AvgIpc) is 2.94. The van der Waals surface area contributed by atoms with Crippen molar-refractivity contribution in [2.75, 3.05) is 6.54 Å². The Bertz CT molecular complexity index is 838. The third kappa shape index (κ3) is 2.80. The van der Waals surface area contributed by atoms with Crippen LogP contribution < -0.4 is 10.0 Å². The van der Waals surface area contributed by atoms with Crippen LogP contribution in [0.1, 0.15) is 25.0 Å². The van der Waals surface area contributed by atoms with Gasteiger partial charge in [-0.25, -0.2) is 4.79 Å². The predicted octanol–water partition coefficient (Wildman–Crippen LogP) is -0.367. The molecule has 0 radical (unpaired) electrons. The van der Waals surface area contributed by atoms with Crippen LogP contribution in [-0.4, -0.2) is 30.1 Å². The van der Waals surface area contributed by atoms with Crippen LogP contribution >= 0.6 is 0 Å². The molecule has 6 nitrogen and oxygen atoms in total. The van der Waals surface area contributed by atoms with Gasteiger partial charge in [-0.2, -0.15) is 0 Å². The van der Waals surface area contributed by atoms with Crippen LogP contribution in [0.25, 0.3) is 0 Å². The van der Waals surface area contributed by atoms with Crippen molar-refractivity contribution in [3.8, 4) is 0 Å². The average molecular weight is 355 g/mol. The summed E-state index contributed by atoms with van der Waals surface area (Å²) in [6.07, 6.45) is 4.17. The quantitative estimate of drug-likeness (QED) is 0.733. The van der Waals surface area contributed by atoms with Gasteiger partial charge in [0.05, 0.1) is 18.1 Å². The molecule has 26 heavy (non-hydrogen) atoms. The Morgan fingerprint density at radius 1 is 1.15 bits per heavy atom. The van der Waals surface area contributed by atoms with Crippen molar-refractivity contribution < 1.29 is 29.1 Å². The number of allylic oxidation sites excluding steroid dienone is 1. The number of esters is 1. The summed E-state index contributed by atoms with van der Waals surface area (Å²) in [5, 5.41) is 12.4. The van der Waals surface area contributed by atoms with E-state index in [9.17, 15) is 14.7 Å². The fraction of sp³-hybridized carbons (Fsp3) is 0.400. The second kappa shape index (κ2) is 5.99. The standard InChI is InChI=1S/C20H21NO5/c1-20(2)25-18(23)17(19(24)26-20)16-14(7-8-15(16)22)21-10-9-12-5-3-4-6-13(12)11-21/h3-8,14,16,23H,9-11H2,1-2H3/t14-,16+/m0/s1. The minimum Gasteiger partial charge on any atom is -0.575 e. The van der Waals surface area contributed by atoms with Crippen molar-refractivity contribution in [1.29, 1.82) is 0 Å². The highest BCUT2D eigenvalue weighted by atomic mass is 16.8. The molecule has 0 bridgehead atoms. The lowest BCUT2D eigenvalue weighted by Crippen LogP contribution is -3.16. The topological polar surface area (TPSA) is 80.1 Å². The number of hydrogen-bond donors (Lipinski definition) is 1. The van der Waals surface area contributed by atoms with Gasteiger partial charge < -0.3 is 19.5 Å². The lowest BCUT2D eigenvalue weighted by atomic mass is 9.89. The van der Waals surface area contributed by atoms with Gasteiger partial charge in [0.25, 0.3) is 0 Å². The maximum Gasteiger partial charge on any atom is 0.338 e. The molecule has 1 N–H and O–H groups in total. The van der Waals surface area contributed by atoms with Crippen LogP contribution in [0.4, 0.5) is 0 Å². The maximum atomic E-state index is 12.5. The van der Waals surface area contributed by atoms with E-state index in [1.807, 2.05) is 18.2 Å². The Morgan fingerprint density at radius 3 is 2.62 bits per heavy atom. The van der Waals surface area contributed by atoms with E-state index in [0.717, 1.165) is 24.4 Å². The molecule has 1 aromatic carbocycles. The number of ether oxygens (including phenoxy) is 2. The molecule has 1 aliphatic carbocycles. The largest absolute Gasteiger partial charge is 0.575 e. The maximum absolute atomic E-state index is 12.5. The fourth-order valence-corrected chi connectivity index (χ4v) is 4.08. The van der Waals surface area contributed by atoms with Crippen LogP contribution in [0.15, 0.2) is 47.9 Å². The Labute approximate surface area is 151 Å². The van der Waals surface area contributed by atoms with Crippen LogP contribution in [0.2, 0.25) is 0 Å². The van der Waals surface area contributed by atoms with Crippen LogP contribution in [0.5, 0.6) is 0 Å². The number of carbonyl (C=O) groups is 2. The fourth-order valence-electron chi connectivity index (χ4n) is 4.08. The van der Waals surface area contributed by atoms with Gasteiger partial charge in [-0.1, -0.05) is 24.3 Å². The first-order chi connectivity index (χ1) is 12.4. The van der Waals surface area contributed by atoms with E-state index in [0.29, 0.717) is 0 Å². The molecule has 3 aliphatic rings. The number of hydrogen-bond acceptors (Lipinski definition) is 5. The summed E-state index contributed by atoms with van der Waals surface area (Å²) in [5.41, 5.74) is 2.36. The van der Waals surface area contributed by atoms with Crippen molar-refractivity contribution in [2.24, 2.45) is 5.92 Å². The second-order valence-electron chi connectivity index (χ2n) is 7.46. The van der Waals surface area contributed by atoms with E-state index in [1.54, 1.807) is 0 Å². The van der Waals surface area contributed by atoms with Crippen molar-refractivity contribution in [3.05, 3.63) is 59.1 Å². The molecular formula is C20H21NO5. The number of rotatable bonds is 2. The summed E-state index contributed by atoms with van der Waals surface area (Å²) in [6.45, 7) is 4.58. The molecule has 0 spiro atoms. The number of quaternary nitrogens is 1. The van der Waals surface area contributed by atoms with Gasteiger partial charge in [0.1, 0.15) is 18.5 Å². The summed E-state index contributed by atoms with van der Waals surface area (Å²) in [5.74, 6) is -3.90. The molecule has 0 fully saturated rings. The van der Waals surface area contributed by atoms with E-state index in [2.05, 4.69) is 12.1 Å². The van der Waals surface area contributed by atoms with Crippen molar-refractivity contribution in [1.82, 2.24) is 0 Å². The lowest BCUT2D eigenvalue weighted by molar-refractivity contribution is -0.935. The monoisotopic (exact) mass is 355 g/mol. The second-order valence-corrected chi connectivity index (χ2v) is 7.46. The predicted molar refractivity (Wildman–Crippen MR) is 89.4 cm³/mol. The number of fused-ring (bicyclic) bond motifs is 1. The molecule has 1 aromatic rings. The molecule has 136 valence electrons. The Hall–Kier alpha value is -2.60. The van der Waals surface area contributed by atoms with Crippen molar-refractivity contribution >= 4 is 11.8 Å². The Balaban J connectivity index is 1.65. The summed E-state index contributed by atoms with van der Waals surface area (Å²) < 4.78 is 10.4. The van der Waals surface area contributed by atoms with Gasteiger partial charge in [-0.05, 0) is 31.6 Å². The first-order valence-corrected chi connectivity index (χ1v) is 8.83. The van der Waals surface area contributed by atoms with Gasteiger partial charge in [-0.3, -0.25) is 4.79 Å². The number of cyclic esters (lactones) is 1. The smallest absolute Gasteiger partial charge is 0.338 e. The van der Waals surface area contributed by atoms with E-state index in [1.165, 1.54) is 31.1 Å². The normalized spacial score (nSPS) is 30.0. The lowest BCUT2D eigenvalue weighted by Gasteiger charge is -2.41. The number of carbonyl (C=O) groups excluding carboxylic acids is 2. The van der Waals surface area contributed by atoms with Crippen molar-refractivity contribution in [3.63, 3.8) is 0 Å². The molecule has 0 saturated heterocycles. The van der Waals surface area contributed by atoms with E-state index < -0.39 is 23.6 Å². The summed E-state index contributed by atoms with van der Waals surface area (Å²) >= 11 is 0. The highest BCUT2D eigenvalue weighted by Gasteiger charge is 2.46. The molecule has 2 aliphatic heterocycles. The molecule has 4 rings (SSSR count). The molecule has 0 aromatic heterocycles. The van der Waals surface area contributed by atoms with E-state index in [4.69, 9.17) is 9.47 Å². The molecule has 1 unspecified atom stereocenters. The molecule has 0 saturated carbocycles. The van der Waals surface area contributed by atoms with E-state index in [-0.39, 0.29) is 17.4 Å². The number of benzene rings is 1. The summed E-state index contributed by atoms with van der Waals surface area (Å²) in [4.78, 5) is 26.1. The molecule has 0 amide bonds. The zero-order valence-corrected chi connectivity index (χ0v) is 14.8. The Kier molecular flexibility index (Phi) is 3.88. The van der Waals surface area contributed by atoms with Crippen LogP contribution in [-0.2, 0) is 32.0 Å². The third-order valence-electron chi connectivity index (χ3n) is 5.28. The zero-order valence-electron chi connectivity index (χ0n) is 14.8. The first-order valence-electron chi connectivity index (χ1n) is 8.83. The highest BCUT2D eigenvalue weighted by molar-refractivity contribution is 6.04. The first kappa shape index (κ1) is 16.8. The molecule has 3 atom stereocenters. The number of nitrogens with one attached hydrogen (secondary N) is 1. The minimum atomic E-state index is -1.31. The highest BCUT2D eigenvalue weighted by Crippen LogP contribution is 2.32. The Morgan fingerprint density at radius 2 is 1.88 bits per heavy atom. The van der Waals surface area contributed by atoms with Gasteiger partial charge in [0, 0.05) is 12.0 Å². The van der Waals surface area contributed by atoms with Crippen LogP contribution in [0.3, 0.4) is 0 Å². The van der Waals surface area contributed by atoms with Crippen LogP contribution in [0, 0.1) is 5.92 Å². The van der Waals surface area contributed by atoms with Gasteiger partial charge >= 0.3 is 5.97 Å².